The number of anilines is 1. The van der Waals surface area contributed by atoms with Crippen LogP contribution in [0.2, 0.25) is 0 Å². The van der Waals surface area contributed by atoms with Crippen LogP contribution >= 0.6 is 0 Å². The zero-order chi connectivity index (χ0) is 20.8. The van der Waals surface area contributed by atoms with E-state index >= 15 is 0 Å². The highest BCUT2D eigenvalue weighted by atomic mass is 16.5. The van der Waals surface area contributed by atoms with Crippen molar-refractivity contribution < 1.29 is 9.53 Å². The van der Waals surface area contributed by atoms with Crippen LogP contribution in [0, 0.1) is 11.8 Å². The lowest BCUT2D eigenvalue weighted by Gasteiger charge is -2.36. The molecule has 3 aliphatic rings. The van der Waals surface area contributed by atoms with Gasteiger partial charge in [-0.15, -0.1) is 5.10 Å². The van der Waals surface area contributed by atoms with Crippen molar-refractivity contribution in [2.45, 2.75) is 43.7 Å². The smallest absolute Gasteiger partial charge is 0.253 e. The first-order chi connectivity index (χ1) is 14.5. The molecule has 5 rings (SSSR count). The summed E-state index contributed by atoms with van der Waals surface area (Å²) in [6.45, 7) is 1.62. The Kier molecular flexibility index (Phi) is 5.01. The highest BCUT2D eigenvalue weighted by molar-refractivity contribution is 5.95. The summed E-state index contributed by atoms with van der Waals surface area (Å²) in [5.74, 6) is 1.71. The van der Waals surface area contributed by atoms with Crippen LogP contribution in [0.25, 0.3) is 0 Å². The van der Waals surface area contributed by atoms with Gasteiger partial charge in [-0.25, -0.2) is 4.68 Å². The van der Waals surface area contributed by atoms with Crippen molar-refractivity contribution in [3.05, 3.63) is 41.7 Å². The van der Waals surface area contributed by atoms with E-state index in [1.807, 2.05) is 52.8 Å². The molecule has 7 heteroatoms. The molecule has 2 aromatic rings. The number of carbonyl (C=O) groups excluding carboxylic acids is 1. The second-order valence-corrected chi connectivity index (χ2v) is 9.39. The quantitative estimate of drug-likeness (QED) is 0.760. The zero-order valence-corrected chi connectivity index (χ0v) is 18.1. The van der Waals surface area contributed by atoms with Gasteiger partial charge < -0.3 is 14.5 Å². The third-order valence-corrected chi connectivity index (χ3v) is 7.15. The van der Waals surface area contributed by atoms with Crippen LogP contribution < -0.4 is 4.90 Å². The van der Waals surface area contributed by atoms with Crippen molar-refractivity contribution in [1.82, 2.24) is 19.9 Å². The van der Waals surface area contributed by atoms with Crippen molar-refractivity contribution in [1.29, 1.82) is 0 Å². The average molecular weight is 410 g/mol. The minimum absolute atomic E-state index is 0.118. The lowest BCUT2D eigenvalue weighted by Crippen LogP contribution is -2.37. The summed E-state index contributed by atoms with van der Waals surface area (Å²) < 4.78 is 7.91. The number of likely N-dealkylation sites (tertiary alicyclic amines) is 1. The molecule has 1 saturated heterocycles. The third kappa shape index (κ3) is 3.60. The standard InChI is InChI=1S/C23H31N5O2/c1-26(2)19-6-4-5-16(9-19)23(29)27-12-17-10-21(22(30-3)11-18(17)13-27)28-14-20(24-25-28)15-7-8-15/h4-6,9,14-15,17-18,21-22H,7-8,10-13H2,1-3H3/t17-,18+,21-,22-/m1/s1. The van der Waals surface area contributed by atoms with Gasteiger partial charge in [0.2, 0.25) is 0 Å². The molecule has 4 atom stereocenters. The minimum atomic E-state index is 0.118. The summed E-state index contributed by atoms with van der Waals surface area (Å²) in [4.78, 5) is 17.3. The predicted molar refractivity (Wildman–Crippen MR) is 115 cm³/mol. The highest BCUT2D eigenvalue weighted by Crippen LogP contribution is 2.44. The number of hydrogen-bond donors (Lipinski definition) is 0. The summed E-state index contributed by atoms with van der Waals surface area (Å²) in [7, 11) is 5.79. The molecule has 160 valence electrons. The van der Waals surface area contributed by atoms with E-state index in [1.165, 1.54) is 12.8 Å². The van der Waals surface area contributed by atoms with Gasteiger partial charge in [-0.05, 0) is 55.7 Å². The highest BCUT2D eigenvalue weighted by Gasteiger charge is 2.45. The molecule has 2 aliphatic carbocycles. The maximum absolute atomic E-state index is 13.2. The summed E-state index contributed by atoms with van der Waals surface area (Å²) in [6, 6.07) is 8.10. The van der Waals surface area contributed by atoms with E-state index in [2.05, 4.69) is 16.5 Å². The fourth-order valence-corrected chi connectivity index (χ4v) is 5.21. The molecule has 1 aromatic heterocycles. The number of nitrogens with zero attached hydrogens (tertiary/aromatic N) is 5. The van der Waals surface area contributed by atoms with Gasteiger partial charge in [-0.3, -0.25) is 4.79 Å². The monoisotopic (exact) mass is 409 g/mol. The summed E-state index contributed by atoms with van der Waals surface area (Å²) >= 11 is 0. The number of ether oxygens (including phenoxy) is 1. The third-order valence-electron chi connectivity index (χ3n) is 7.15. The number of rotatable bonds is 5. The fraction of sp³-hybridized carbons (Fsp3) is 0.609. The number of amides is 1. The van der Waals surface area contributed by atoms with Crippen LogP contribution in [0.15, 0.2) is 30.5 Å². The van der Waals surface area contributed by atoms with Crippen molar-refractivity contribution in [3.63, 3.8) is 0 Å². The van der Waals surface area contributed by atoms with Crippen molar-refractivity contribution >= 4 is 11.6 Å². The number of methoxy groups -OCH3 is 1. The van der Waals surface area contributed by atoms with Gasteiger partial charge in [0, 0.05) is 57.7 Å². The van der Waals surface area contributed by atoms with E-state index in [4.69, 9.17) is 4.74 Å². The number of hydrogen-bond acceptors (Lipinski definition) is 5. The van der Waals surface area contributed by atoms with Crippen molar-refractivity contribution in [3.8, 4) is 0 Å². The topological polar surface area (TPSA) is 63.5 Å². The van der Waals surface area contributed by atoms with E-state index in [0.29, 0.717) is 17.8 Å². The molecule has 0 bridgehead atoms. The second-order valence-electron chi connectivity index (χ2n) is 9.39. The molecule has 1 aliphatic heterocycles. The van der Waals surface area contributed by atoms with Crippen LogP contribution in [-0.4, -0.2) is 66.2 Å². The maximum Gasteiger partial charge on any atom is 0.253 e. The molecule has 30 heavy (non-hydrogen) atoms. The molecule has 0 N–H and O–H groups in total. The molecule has 1 aromatic carbocycles. The van der Waals surface area contributed by atoms with E-state index < -0.39 is 0 Å². The number of aromatic nitrogens is 3. The Hall–Kier alpha value is -2.41. The molecular weight excluding hydrogens is 378 g/mol. The van der Waals surface area contributed by atoms with E-state index in [0.717, 1.165) is 42.9 Å². The molecule has 2 heterocycles. The summed E-state index contributed by atoms with van der Waals surface area (Å²) in [5.41, 5.74) is 2.94. The molecule has 0 unspecified atom stereocenters. The van der Waals surface area contributed by atoms with Gasteiger partial charge in [0.05, 0.1) is 17.8 Å². The number of fused-ring (bicyclic) bond motifs is 1. The molecular formula is C23H31N5O2. The second kappa shape index (κ2) is 7.69. The molecule has 7 nitrogen and oxygen atoms in total. The average Bonchev–Trinajstić information content (AvgIpc) is 3.34. The van der Waals surface area contributed by atoms with E-state index in [9.17, 15) is 4.79 Å². The van der Waals surface area contributed by atoms with Gasteiger partial charge >= 0.3 is 0 Å². The maximum atomic E-state index is 13.2. The van der Waals surface area contributed by atoms with Crippen molar-refractivity contribution in [2.75, 3.05) is 39.2 Å². The Morgan fingerprint density at radius 2 is 1.93 bits per heavy atom. The lowest BCUT2D eigenvalue weighted by atomic mass is 9.77. The summed E-state index contributed by atoms with van der Waals surface area (Å²) in [5, 5.41) is 8.84. The lowest BCUT2D eigenvalue weighted by molar-refractivity contribution is -0.00546. The van der Waals surface area contributed by atoms with Crippen LogP contribution in [0.1, 0.15) is 53.7 Å². The molecule has 0 radical (unpaired) electrons. The van der Waals surface area contributed by atoms with Gasteiger partial charge in [0.1, 0.15) is 0 Å². The van der Waals surface area contributed by atoms with Gasteiger partial charge in [-0.1, -0.05) is 11.3 Å². The normalized spacial score (nSPS) is 28.4. The molecule has 3 fully saturated rings. The van der Waals surface area contributed by atoms with E-state index in [1.54, 1.807) is 7.11 Å². The van der Waals surface area contributed by atoms with Crippen LogP contribution in [0.3, 0.4) is 0 Å². The predicted octanol–water partition coefficient (Wildman–Crippen LogP) is 2.96. The first-order valence-electron chi connectivity index (χ1n) is 11.0. The Balaban J connectivity index is 1.31. The Morgan fingerprint density at radius 3 is 2.63 bits per heavy atom. The van der Waals surface area contributed by atoms with Gasteiger partial charge in [0.25, 0.3) is 5.91 Å². The Morgan fingerprint density at radius 1 is 1.17 bits per heavy atom. The first-order valence-corrected chi connectivity index (χ1v) is 11.0. The van der Waals surface area contributed by atoms with Gasteiger partial charge in [0.15, 0.2) is 0 Å². The van der Waals surface area contributed by atoms with Crippen LogP contribution in [0.5, 0.6) is 0 Å². The fourth-order valence-electron chi connectivity index (χ4n) is 5.21. The molecule has 1 amide bonds. The van der Waals surface area contributed by atoms with Crippen molar-refractivity contribution in [2.24, 2.45) is 11.8 Å². The number of carbonyl (C=O) groups is 1. The van der Waals surface area contributed by atoms with Crippen LogP contribution in [0.4, 0.5) is 5.69 Å². The largest absolute Gasteiger partial charge is 0.379 e. The summed E-state index contributed by atoms with van der Waals surface area (Å²) in [6.07, 6.45) is 6.65. The molecule has 0 spiro atoms. The Labute approximate surface area is 178 Å². The molecule has 2 saturated carbocycles. The SMILES string of the molecule is CO[C@@H]1C[C@H]2CN(C(=O)c3cccc(N(C)C)c3)C[C@H]2C[C@H]1n1cc(C2CC2)nn1. The number of benzene rings is 1. The van der Waals surface area contributed by atoms with Gasteiger partial charge in [-0.2, -0.15) is 0 Å². The first kappa shape index (κ1) is 19.5. The Bertz CT molecular complexity index is 922. The van der Waals surface area contributed by atoms with E-state index in [-0.39, 0.29) is 18.1 Å². The minimum Gasteiger partial charge on any atom is -0.379 e. The zero-order valence-electron chi connectivity index (χ0n) is 18.1. The van der Waals surface area contributed by atoms with Crippen LogP contribution in [-0.2, 0) is 4.74 Å².